The summed E-state index contributed by atoms with van der Waals surface area (Å²) in [6, 6.07) is 13.5. The number of carbonyl (C=O) groups is 1. The van der Waals surface area contributed by atoms with E-state index in [0.717, 1.165) is 29.8 Å². The molecule has 1 atom stereocenters. The first-order chi connectivity index (χ1) is 15.3. The van der Waals surface area contributed by atoms with Crippen LogP contribution in [0, 0.1) is 5.82 Å². The third-order valence-corrected chi connectivity index (χ3v) is 5.12. The van der Waals surface area contributed by atoms with Gasteiger partial charge in [-0.25, -0.2) is 4.39 Å². The molecule has 1 amide bonds. The maximum atomic E-state index is 13.1. The molecule has 0 aliphatic carbocycles. The minimum atomic E-state index is -2.89. The monoisotopic (exact) mass is 446 g/mol. The van der Waals surface area contributed by atoms with E-state index in [0.29, 0.717) is 12.2 Å². The van der Waals surface area contributed by atoms with Gasteiger partial charge in [-0.15, -0.1) is 0 Å². The highest BCUT2D eigenvalue weighted by Gasteiger charge is 2.18. The van der Waals surface area contributed by atoms with Gasteiger partial charge in [0, 0.05) is 16.9 Å². The summed E-state index contributed by atoms with van der Waals surface area (Å²) in [6.07, 6.45) is 1.55. The average Bonchev–Trinajstić information content (AvgIpc) is 3.23. The van der Waals surface area contributed by atoms with Crippen molar-refractivity contribution in [2.45, 2.75) is 32.4 Å². The summed E-state index contributed by atoms with van der Waals surface area (Å²) in [5, 5.41) is 10.0. The number of hydrogen-bond acceptors (Lipinski definition) is 4. The fourth-order valence-electron chi connectivity index (χ4n) is 3.14. The largest absolute Gasteiger partial charge is 0.435 e. The maximum Gasteiger partial charge on any atom is 0.387 e. The molecule has 0 saturated carbocycles. The summed E-state index contributed by atoms with van der Waals surface area (Å²) >= 11 is 0. The zero-order valence-corrected chi connectivity index (χ0v) is 17.8. The Morgan fingerprint density at radius 2 is 1.84 bits per heavy atom. The van der Waals surface area contributed by atoms with E-state index in [2.05, 4.69) is 20.3 Å². The number of amides is 1. The summed E-state index contributed by atoms with van der Waals surface area (Å²) in [4.78, 5) is 14.4. The number of benzene rings is 2. The smallest absolute Gasteiger partial charge is 0.387 e. The molecule has 32 heavy (non-hydrogen) atoms. The molecule has 1 heterocycles. The molecule has 3 aromatic rings. The lowest BCUT2D eigenvalue weighted by Gasteiger charge is -2.23. The number of nitrogens with one attached hydrogen (secondary N) is 2. The zero-order chi connectivity index (χ0) is 23.1. The highest BCUT2D eigenvalue weighted by Crippen LogP contribution is 2.19. The molecular formula is C23H25F3N4O2. The number of halogens is 3. The zero-order valence-electron chi connectivity index (χ0n) is 17.8. The van der Waals surface area contributed by atoms with Crippen LogP contribution in [0.2, 0.25) is 0 Å². The number of aromatic amines is 1. The molecule has 6 nitrogen and oxygen atoms in total. The van der Waals surface area contributed by atoms with Crippen molar-refractivity contribution in [1.29, 1.82) is 0 Å². The number of aryl methyl sites for hydroxylation is 1. The lowest BCUT2D eigenvalue weighted by atomic mass is 10.1. The number of carbonyl (C=O) groups excluding carboxylic acids is 1. The van der Waals surface area contributed by atoms with Gasteiger partial charge in [0.25, 0.3) is 0 Å². The van der Waals surface area contributed by atoms with E-state index in [9.17, 15) is 18.0 Å². The summed E-state index contributed by atoms with van der Waals surface area (Å²) in [7, 11) is 1.86. The fourth-order valence-corrected chi connectivity index (χ4v) is 3.14. The van der Waals surface area contributed by atoms with Crippen molar-refractivity contribution in [3.63, 3.8) is 0 Å². The third-order valence-electron chi connectivity index (χ3n) is 5.12. The van der Waals surface area contributed by atoms with E-state index in [-0.39, 0.29) is 23.5 Å². The maximum absolute atomic E-state index is 13.1. The first kappa shape index (κ1) is 23.3. The van der Waals surface area contributed by atoms with Crippen molar-refractivity contribution < 1.29 is 22.7 Å². The molecule has 0 aliphatic heterocycles. The fraction of sp³-hybridized carbons (Fsp3) is 0.304. The van der Waals surface area contributed by atoms with Gasteiger partial charge in [0.05, 0.1) is 11.7 Å². The Kier molecular flexibility index (Phi) is 7.88. The van der Waals surface area contributed by atoms with E-state index in [1.165, 1.54) is 36.4 Å². The molecule has 0 spiro atoms. The van der Waals surface area contributed by atoms with Crippen LogP contribution >= 0.6 is 0 Å². The number of ether oxygens (including phenoxy) is 1. The number of hydrogen-bond donors (Lipinski definition) is 2. The first-order valence-electron chi connectivity index (χ1n) is 10.2. The van der Waals surface area contributed by atoms with Gasteiger partial charge in [-0.3, -0.25) is 14.8 Å². The Balaban J connectivity index is 1.44. The Morgan fingerprint density at radius 1 is 1.16 bits per heavy atom. The Bertz CT molecular complexity index is 1010. The van der Waals surface area contributed by atoms with Crippen LogP contribution in [0.1, 0.15) is 19.0 Å². The molecule has 0 fully saturated rings. The summed E-state index contributed by atoms with van der Waals surface area (Å²) in [5.41, 5.74) is 3.06. The average molecular weight is 446 g/mol. The van der Waals surface area contributed by atoms with Gasteiger partial charge in [0.1, 0.15) is 11.6 Å². The molecule has 0 radical (unpaired) electrons. The number of likely N-dealkylation sites (N-methyl/N-ethyl adjacent to an activating group) is 1. The molecule has 3 rings (SSSR count). The predicted molar refractivity (Wildman–Crippen MR) is 116 cm³/mol. The van der Waals surface area contributed by atoms with Gasteiger partial charge in [-0.1, -0.05) is 0 Å². The van der Waals surface area contributed by atoms with Crippen molar-refractivity contribution in [2.24, 2.45) is 0 Å². The minimum absolute atomic E-state index is 0.0320. The van der Waals surface area contributed by atoms with Crippen molar-refractivity contribution in [2.75, 3.05) is 18.9 Å². The van der Waals surface area contributed by atoms with E-state index < -0.39 is 6.61 Å². The van der Waals surface area contributed by atoms with Gasteiger partial charge < -0.3 is 10.1 Å². The van der Waals surface area contributed by atoms with Crippen molar-refractivity contribution in [3.05, 3.63) is 66.1 Å². The van der Waals surface area contributed by atoms with Crippen LogP contribution in [0.5, 0.6) is 5.75 Å². The van der Waals surface area contributed by atoms with Crippen LogP contribution in [0.3, 0.4) is 0 Å². The summed E-state index contributed by atoms with van der Waals surface area (Å²) in [5.74, 6) is -0.455. The lowest BCUT2D eigenvalue weighted by Crippen LogP contribution is -2.40. The molecule has 1 aromatic heterocycles. The summed E-state index contributed by atoms with van der Waals surface area (Å²) in [6.45, 7) is -0.409. The van der Waals surface area contributed by atoms with E-state index in [4.69, 9.17) is 0 Å². The number of rotatable bonds is 10. The molecule has 0 saturated heterocycles. The van der Waals surface area contributed by atoms with E-state index >= 15 is 0 Å². The number of nitrogens with zero attached hydrogens (tertiary/aromatic N) is 2. The Hall–Kier alpha value is -3.33. The Labute approximate surface area is 184 Å². The van der Waals surface area contributed by atoms with Crippen LogP contribution in [-0.2, 0) is 11.2 Å². The van der Waals surface area contributed by atoms with Gasteiger partial charge in [0.2, 0.25) is 5.91 Å². The SMILES string of the molecule is CC(C(=O)Nc1ccc(OC(F)F)cc1)N(C)CCCc1cc(-c2ccc(F)cc2)n[nH]1. The van der Waals surface area contributed by atoms with Crippen molar-refractivity contribution in [1.82, 2.24) is 15.1 Å². The summed E-state index contributed by atoms with van der Waals surface area (Å²) < 4.78 is 41.8. The second-order valence-electron chi connectivity index (χ2n) is 7.44. The quantitative estimate of drug-likeness (QED) is 0.473. The van der Waals surface area contributed by atoms with Crippen LogP contribution in [0.15, 0.2) is 54.6 Å². The second kappa shape index (κ2) is 10.8. The van der Waals surface area contributed by atoms with Crippen LogP contribution in [0.4, 0.5) is 18.9 Å². The Morgan fingerprint density at radius 3 is 2.50 bits per heavy atom. The van der Waals surface area contributed by atoms with E-state index in [1.807, 2.05) is 18.0 Å². The van der Waals surface area contributed by atoms with Crippen LogP contribution in [-0.4, -0.2) is 47.3 Å². The normalized spacial score (nSPS) is 12.2. The molecule has 1 unspecified atom stereocenters. The first-order valence-corrected chi connectivity index (χ1v) is 10.2. The van der Waals surface area contributed by atoms with Crippen molar-refractivity contribution >= 4 is 11.6 Å². The number of alkyl halides is 2. The molecule has 0 aliphatic rings. The molecule has 170 valence electrons. The predicted octanol–water partition coefficient (Wildman–Crippen LogP) is 4.71. The standard InChI is InChI=1S/C23H25F3N4O2/c1-15(22(31)27-18-9-11-20(12-10-18)32-23(25)26)30(2)13-3-4-19-14-21(29-28-19)16-5-7-17(24)8-6-16/h5-12,14-15,23H,3-4,13H2,1-2H3,(H,27,31)(H,28,29). The molecule has 2 N–H and O–H groups in total. The van der Waals surface area contributed by atoms with Gasteiger partial charge in [-0.05, 0) is 88.0 Å². The molecule has 9 heteroatoms. The molecule has 0 bridgehead atoms. The number of aromatic nitrogens is 2. The molecular weight excluding hydrogens is 421 g/mol. The molecule has 2 aromatic carbocycles. The van der Waals surface area contributed by atoms with Crippen LogP contribution in [0.25, 0.3) is 11.3 Å². The highest BCUT2D eigenvalue weighted by molar-refractivity contribution is 5.94. The highest BCUT2D eigenvalue weighted by atomic mass is 19.3. The van der Waals surface area contributed by atoms with Crippen molar-refractivity contribution in [3.8, 4) is 17.0 Å². The van der Waals surface area contributed by atoms with Crippen LogP contribution < -0.4 is 10.1 Å². The van der Waals surface area contributed by atoms with Gasteiger partial charge >= 0.3 is 6.61 Å². The van der Waals surface area contributed by atoms with Gasteiger partial charge in [-0.2, -0.15) is 13.9 Å². The number of anilines is 1. The lowest BCUT2D eigenvalue weighted by molar-refractivity contribution is -0.120. The van der Waals surface area contributed by atoms with E-state index in [1.54, 1.807) is 19.1 Å². The topological polar surface area (TPSA) is 70.2 Å². The second-order valence-corrected chi connectivity index (χ2v) is 7.44. The third kappa shape index (κ3) is 6.58. The number of H-pyrrole nitrogens is 1. The van der Waals surface area contributed by atoms with Gasteiger partial charge in [0.15, 0.2) is 0 Å². The minimum Gasteiger partial charge on any atom is -0.435 e.